The minimum absolute atomic E-state index is 0.702. The van der Waals surface area contributed by atoms with E-state index >= 15 is 0 Å². The third-order valence-electron chi connectivity index (χ3n) is 3.54. The van der Waals surface area contributed by atoms with Gasteiger partial charge in [-0.1, -0.05) is 0 Å². The zero-order valence-corrected chi connectivity index (χ0v) is 11.7. The molecule has 2 aliphatic rings. The summed E-state index contributed by atoms with van der Waals surface area (Å²) in [4.78, 5) is 11.6. The molecule has 132 valence electrons. The lowest BCUT2D eigenvalue weighted by atomic mass is 9.99. The van der Waals surface area contributed by atoms with Crippen LogP contribution in [-0.2, 0) is 19.0 Å². The summed E-state index contributed by atoms with van der Waals surface area (Å²) in [5, 5.41) is 66.1. The summed E-state index contributed by atoms with van der Waals surface area (Å²) < 4.78 is 14.6. The first-order valence-electron chi connectivity index (χ1n) is 6.72. The highest BCUT2D eigenvalue weighted by Gasteiger charge is 2.48. The molecule has 1 fully saturated rings. The normalized spacial score (nSPS) is 39.3. The van der Waals surface area contributed by atoms with Crippen LogP contribution in [0.1, 0.15) is 0 Å². The second kappa shape index (κ2) is 6.97. The Kier molecular flexibility index (Phi) is 5.41. The topological polar surface area (TPSA) is 186 Å². The molecule has 0 aromatic carbocycles. The molecule has 2 aliphatic heterocycles. The number of carbonyl (C=O) groups excluding carboxylic acids is 1. The highest BCUT2D eigenvalue weighted by Crippen LogP contribution is 2.29. The second-order valence-electron chi connectivity index (χ2n) is 5.11. The van der Waals surface area contributed by atoms with Crippen molar-refractivity contribution in [3.8, 4) is 0 Å². The fraction of sp³-hybridized carbons (Fsp3) is 0.750. The highest BCUT2D eigenvalue weighted by molar-refractivity contribution is 5.89. The predicted molar refractivity (Wildman–Crippen MR) is 67.5 cm³/mol. The van der Waals surface area contributed by atoms with Gasteiger partial charge in [-0.15, -0.1) is 0 Å². The maximum absolute atomic E-state index is 11.6. The standard InChI is InChI=1S/C12H18O11/c13-1-3(15)9-8(19)10(11(20)22-9)23-12-7(18)6(17)5(16)4(2-14)21-12/h3-7,9,12-19H,1-2H2/t3-,4+,5+,6-,7+,9-,12-/m0/s1. The fourth-order valence-corrected chi connectivity index (χ4v) is 2.20. The third-order valence-corrected chi connectivity index (χ3v) is 3.54. The van der Waals surface area contributed by atoms with Gasteiger partial charge in [0.1, 0.15) is 30.5 Å². The highest BCUT2D eigenvalue weighted by atomic mass is 16.7. The molecule has 11 nitrogen and oxygen atoms in total. The van der Waals surface area contributed by atoms with Crippen molar-refractivity contribution in [3.05, 3.63) is 11.5 Å². The van der Waals surface area contributed by atoms with Crippen LogP contribution in [0.5, 0.6) is 0 Å². The third kappa shape index (κ3) is 3.26. The number of rotatable bonds is 5. The van der Waals surface area contributed by atoms with E-state index in [0.717, 1.165) is 0 Å². The minimum atomic E-state index is -1.79. The Morgan fingerprint density at radius 1 is 1.13 bits per heavy atom. The number of ether oxygens (including phenoxy) is 3. The van der Waals surface area contributed by atoms with Gasteiger partial charge in [-0.05, 0) is 0 Å². The molecule has 0 aromatic heterocycles. The Morgan fingerprint density at radius 3 is 2.35 bits per heavy atom. The zero-order valence-electron chi connectivity index (χ0n) is 11.7. The van der Waals surface area contributed by atoms with Crippen LogP contribution in [0.2, 0.25) is 0 Å². The Bertz CT molecular complexity index is 476. The maximum Gasteiger partial charge on any atom is 0.378 e. The van der Waals surface area contributed by atoms with E-state index < -0.39 is 73.6 Å². The number of hydrogen-bond donors (Lipinski definition) is 7. The van der Waals surface area contributed by atoms with Gasteiger partial charge in [0, 0.05) is 0 Å². The van der Waals surface area contributed by atoms with Gasteiger partial charge in [-0.2, -0.15) is 0 Å². The molecule has 0 bridgehead atoms. The maximum atomic E-state index is 11.6. The first kappa shape index (κ1) is 17.9. The fourth-order valence-electron chi connectivity index (χ4n) is 2.20. The first-order valence-corrected chi connectivity index (χ1v) is 6.72. The summed E-state index contributed by atoms with van der Waals surface area (Å²) in [5.41, 5.74) is 0. The molecule has 0 radical (unpaired) electrons. The number of carbonyl (C=O) groups is 1. The Balaban J connectivity index is 2.16. The molecule has 0 saturated carbocycles. The molecular weight excluding hydrogens is 320 g/mol. The van der Waals surface area contributed by atoms with Gasteiger partial charge < -0.3 is 50.0 Å². The SMILES string of the molecule is O=C1O[C@@H]([C@@H](O)CO)C(O)=C1O[C@@H]1O[C@H](CO)[C@@H](O)[C@H](O)[C@H]1O. The van der Waals surface area contributed by atoms with E-state index in [1.54, 1.807) is 0 Å². The van der Waals surface area contributed by atoms with E-state index in [2.05, 4.69) is 4.74 Å². The number of aliphatic hydroxyl groups excluding tert-OH is 7. The smallest absolute Gasteiger partial charge is 0.378 e. The minimum Gasteiger partial charge on any atom is -0.505 e. The Morgan fingerprint density at radius 2 is 1.78 bits per heavy atom. The van der Waals surface area contributed by atoms with E-state index in [4.69, 9.17) is 19.7 Å². The van der Waals surface area contributed by atoms with Crippen molar-refractivity contribution in [2.45, 2.75) is 42.9 Å². The molecule has 11 heteroatoms. The van der Waals surface area contributed by atoms with E-state index in [1.165, 1.54) is 0 Å². The van der Waals surface area contributed by atoms with Crippen molar-refractivity contribution in [2.75, 3.05) is 13.2 Å². The van der Waals surface area contributed by atoms with Crippen LogP contribution in [-0.4, -0.2) is 97.8 Å². The first-order chi connectivity index (χ1) is 10.8. The van der Waals surface area contributed by atoms with Crippen molar-refractivity contribution in [2.24, 2.45) is 0 Å². The van der Waals surface area contributed by atoms with Crippen molar-refractivity contribution in [3.63, 3.8) is 0 Å². The molecular formula is C12H18O11. The molecule has 7 N–H and O–H groups in total. The lowest BCUT2D eigenvalue weighted by Gasteiger charge is -2.39. The summed E-state index contributed by atoms with van der Waals surface area (Å²) in [6.07, 6.45) is -11.2. The van der Waals surface area contributed by atoms with Crippen LogP contribution in [0.25, 0.3) is 0 Å². The molecule has 7 atom stereocenters. The van der Waals surface area contributed by atoms with Crippen LogP contribution in [0.15, 0.2) is 11.5 Å². The molecule has 0 aliphatic carbocycles. The van der Waals surface area contributed by atoms with Crippen LogP contribution in [0.4, 0.5) is 0 Å². The summed E-state index contributed by atoms with van der Waals surface area (Å²) in [6.45, 7) is -1.50. The summed E-state index contributed by atoms with van der Waals surface area (Å²) >= 11 is 0. The van der Waals surface area contributed by atoms with E-state index in [0.29, 0.717) is 0 Å². The van der Waals surface area contributed by atoms with Crippen LogP contribution >= 0.6 is 0 Å². The zero-order chi connectivity index (χ0) is 17.3. The van der Waals surface area contributed by atoms with Gasteiger partial charge in [0.25, 0.3) is 0 Å². The molecule has 0 amide bonds. The predicted octanol–water partition coefficient (Wildman–Crippen LogP) is -4.15. The van der Waals surface area contributed by atoms with Crippen LogP contribution in [0.3, 0.4) is 0 Å². The van der Waals surface area contributed by atoms with Crippen molar-refractivity contribution in [1.29, 1.82) is 0 Å². The van der Waals surface area contributed by atoms with Crippen molar-refractivity contribution >= 4 is 5.97 Å². The quantitative estimate of drug-likeness (QED) is 0.241. The van der Waals surface area contributed by atoms with Gasteiger partial charge in [-0.25, -0.2) is 4.79 Å². The van der Waals surface area contributed by atoms with Gasteiger partial charge >= 0.3 is 5.97 Å². The summed E-state index contributed by atoms with van der Waals surface area (Å²) in [5.74, 6) is -2.79. The monoisotopic (exact) mass is 338 g/mol. The van der Waals surface area contributed by atoms with Crippen LogP contribution in [0, 0.1) is 0 Å². The number of aliphatic hydroxyl groups is 7. The Labute approximate surface area is 129 Å². The molecule has 0 unspecified atom stereocenters. The average molecular weight is 338 g/mol. The molecule has 1 saturated heterocycles. The lowest BCUT2D eigenvalue weighted by molar-refractivity contribution is -0.291. The second-order valence-corrected chi connectivity index (χ2v) is 5.11. The molecule has 23 heavy (non-hydrogen) atoms. The largest absolute Gasteiger partial charge is 0.505 e. The number of hydrogen-bond acceptors (Lipinski definition) is 11. The molecule has 2 heterocycles. The summed E-state index contributed by atoms with van der Waals surface area (Å²) in [7, 11) is 0. The number of cyclic esters (lactones) is 1. The molecule has 0 spiro atoms. The van der Waals surface area contributed by atoms with Gasteiger partial charge in [0.05, 0.1) is 13.2 Å². The summed E-state index contributed by atoms with van der Waals surface area (Å²) in [6, 6.07) is 0. The molecule has 2 rings (SSSR count). The van der Waals surface area contributed by atoms with Gasteiger partial charge in [-0.3, -0.25) is 0 Å². The van der Waals surface area contributed by atoms with E-state index in [1.807, 2.05) is 0 Å². The number of esters is 1. The Hall–Kier alpha value is -1.47. The lowest BCUT2D eigenvalue weighted by Crippen LogP contribution is -2.59. The van der Waals surface area contributed by atoms with Gasteiger partial charge in [0.2, 0.25) is 12.0 Å². The van der Waals surface area contributed by atoms with Crippen molar-refractivity contribution < 1.29 is 54.8 Å². The molecule has 0 aromatic rings. The van der Waals surface area contributed by atoms with Gasteiger partial charge in [0.15, 0.2) is 11.9 Å². The van der Waals surface area contributed by atoms with Crippen molar-refractivity contribution in [1.82, 2.24) is 0 Å². The van der Waals surface area contributed by atoms with E-state index in [-0.39, 0.29) is 0 Å². The average Bonchev–Trinajstić information content (AvgIpc) is 2.82. The van der Waals surface area contributed by atoms with Crippen LogP contribution < -0.4 is 0 Å². The van der Waals surface area contributed by atoms with E-state index in [9.17, 15) is 30.3 Å².